The number of para-hydroxylation sites is 1. The van der Waals surface area contributed by atoms with Crippen LogP contribution in [0.2, 0.25) is 0 Å². The summed E-state index contributed by atoms with van der Waals surface area (Å²) in [5.41, 5.74) is 2.47. The summed E-state index contributed by atoms with van der Waals surface area (Å²) in [7, 11) is 1.90. The molecular weight excluding hydrogens is 316 g/mol. The Hall–Kier alpha value is -2.07. The zero-order valence-corrected chi connectivity index (χ0v) is 12.5. The molecule has 0 spiro atoms. The first-order valence-electron chi connectivity index (χ1n) is 6.26. The van der Waals surface area contributed by atoms with E-state index < -0.39 is 0 Å². The van der Waals surface area contributed by atoms with Crippen molar-refractivity contribution in [2.75, 3.05) is 5.32 Å². The molecule has 1 N–H and O–H groups in total. The van der Waals surface area contributed by atoms with Crippen molar-refractivity contribution in [3.63, 3.8) is 0 Å². The van der Waals surface area contributed by atoms with E-state index in [1.807, 2.05) is 66.2 Å². The van der Waals surface area contributed by atoms with Crippen LogP contribution in [0, 0.1) is 0 Å². The summed E-state index contributed by atoms with van der Waals surface area (Å²) < 4.78 is 2.84. The van der Waals surface area contributed by atoms with E-state index in [2.05, 4.69) is 21.2 Å². The van der Waals surface area contributed by atoms with Crippen molar-refractivity contribution in [1.29, 1.82) is 0 Å². The molecule has 4 heteroatoms. The van der Waals surface area contributed by atoms with E-state index in [4.69, 9.17) is 0 Å². The maximum Gasteiger partial charge on any atom is 0.272 e. The zero-order valence-electron chi connectivity index (χ0n) is 10.9. The van der Waals surface area contributed by atoms with Crippen molar-refractivity contribution in [3.8, 4) is 0 Å². The molecule has 0 aliphatic rings. The van der Waals surface area contributed by atoms with E-state index in [0.29, 0.717) is 5.69 Å². The van der Waals surface area contributed by atoms with E-state index in [1.54, 1.807) is 0 Å². The van der Waals surface area contributed by atoms with Gasteiger partial charge >= 0.3 is 0 Å². The van der Waals surface area contributed by atoms with Gasteiger partial charge in [-0.3, -0.25) is 4.79 Å². The topological polar surface area (TPSA) is 34.0 Å². The van der Waals surface area contributed by atoms with Gasteiger partial charge in [0.15, 0.2) is 0 Å². The lowest BCUT2D eigenvalue weighted by Gasteiger charge is -2.06. The van der Waals surface area contributed by atoms with Crippen LogP contribution in [0.25, 0.3) is 10.9 Å². The van der Waals surface area contributed by atoms with Gasteiger partial charge in [0.1, 0.15) is 5.69 Å². The molecule has 0 unspecified atom stereocenters. The second-order valence-corrected chi connectivity index (χ2v) is 5.53. The van der Waals surface area contributed by atoms with Crippen LogP contribution in [0.1, 0.15) is 10.5 Å². The highest BCUT2D eigenvalue weighted by Crippen LogP contribution is 2.20. The number of nitrogens with zero attached hydrogens (tertiary/aromatic N) is 1. The van der Waals surface area contributed by atoms with Gasteiger partial charge in [-0.05, 0) is 30.3 Å². The van der Waals surface area contributed by atoms with Gasteiger partial charge in [-0.1, -0.05) is 40.2 Å². The van der Waals surface area contributed by atoms with Crippen molar-refractivity contribution in [3.05, 3.63) is 64.8 Å². The Morgan fingerprint density at radius 1 is 1.10 bits per heavy atom. The number of carbonyl (C=O) groups excluding carboxylic acids is 1. The van der Waals surface area contributed by atoms with Gasteiger partial charge in [0, 0.05) is 28.1 Å². The number of aryl methyl sites for hydroxylation is 1. The van der Waals surface area contributed by atoms with Crippen molar-refractivity contribution in [1.82, 2.24) is 4.57 Å². The van der Waals surface area contributed by atoms with Crippen molar-refractivity contribution in [2.24, 2.45) is 7.05 Å². The van der Waals surface area contributed by atoms with E-state index in [1.165, 1.54) is 0 Å². The molecule has 0 saturated carbocycles. The minimum Gasteiger partial charge on any atom is -0.340 e. The Kier molecular flexibility index (Phi) is 3.32. The Morgan fingerprint density at radius 3 is 2.65 bits per heavy atom. The summed E-state index contributed by atoms with van der Waals surface area (Å²) in [6.45, 7) is 0. The lowest BCUT2D eigenvalue weighted by molar-refractivity contribution is 0.102. The van der Waals surface area contributed by atoms with Crippen LogP contribution < -0.4 is 5.32 Å². The number of benzene rings is 2. The van der Waals surface area contributed by atoms with Crippen LogP contribution >= 0.6 is 15.9 Å². The molecule has 0 aliphatic heterocycles. The van der Waals surface area contributed by atoms with Gasteiger partial charge in [0.05, 0.1) is 0 Å². The molecule has 0 atom stereocenters. The molecule has 0 fully saturated rings. The molecular formula is C16H13BrN2O. The second kappa shape index (κ2) is 5.13. The third-order valence-corrected chi connectivity index (χ3v) is 3.76. The minimum absolute atomic E-state index is 0.109. The highest BCUT2D eigenvalue weighted by molar-refractivity contribution is 9.10. The summed E-state index contributed by atoms with van der Waals surface area (Å²) in [5.74, 6) is -0.109. The Balaban J connectivity index is 1.95. The van der Waals surface area contributed by atoms with Crippen LogP contribution in [0.5, 0.6) is 0 Å². The van der Waals surface area contributed by atoms with Crippen LogP contribution in [-0.2, 0) is 7.05 Å². The first-order chi connectivity index (χ1) is 9.65. The van der Waals surface area contributed by atoms with Crippen LogP contribution in [0.4, 0.5) is 5.69 Å². The van der Waals surface area contributed by atoms with Gasteiger partial charge in [-0.25, -0.2) is 0 Å². The number of carbonyl (C=O) groups is 1. The molecule has 20 heavy (non-hydrogen) atoms. The van der Waals surface area contributed by atoms with Gasteiger partial charge < -0.3 is 9.88 Å². The van der Waals surface area contributed by atoms with E-state index in [9.17, 15) is 4.79 Å². The fourth-order valence-electron chi connectivity index (χ4n) is 2.27. The van der Waals surface area contributed by atoms with Crippen LogP contribution in [0.3, 0.4) is 0 Å². The third kappa shape index (κ3) is 2.34. The summed E-state index contributed by atoms with van der Waals surface area (Å²) in [4.78, 5) is 12.4. The number of aromatic nitrogens is 1. The first-order valence-corrected chi connectivity index (χ1v) is 7.06. The molecule has 3 nitrogen and oxygen atoms in total. The SMILES string of the molecule is Cn1c(C(=O)Nc2cccc(Br)c2)cc2ccccc21. The van der Waals surface area contributed by atoms with Crippen molar-refractivity contribution in [2.45, 2.75) is 0 Å². The molecule has 1 amide bonds. The van der Waals surface area contributed by atoms with E-state index in [-0.39, 0.29) is 5.91 Å². The van der Waals surface area contributed by atoms with E-state index >= 15 is 0 Å². The number of amides is 1. The summed E-state index contributed by atoms with van der Waals surface area (Å²) in [5, 5.41) is 3.98. The predicted octanol–water partition coefficient (Wildman–Crippen LogP) is 4.19. The Morgan fingerprint density at radius 2 is 1.90 bits per heavy atom. The summed E-state index contributed by atoms with van der Waals surface area (Å²) in [6, 6.07) is 17.4. The van der Waals surface area contributed by atoms with Crippen molar-refractivity contribution < 1.29 is 4.79 Å². The molecule has 0 radical (unpaired) electrons. The fraction of sp³-hybridized carbons (Fsp3) is 0.0625. The number of rotatable bonds is 2. The number of fused-ring (bicyclic) bond motifs is 1. The molecule has 3 rings (SSSR count). The minimum atomic E-state index is -0.109. The molecule has 0 aliphatic carbocycles. The standard InChI is InChI=1S/C16H13BrN2O/c1-19-14-8-3-2-5-11(14)9-15(19)16(20)18-13-7-4-6-12(17)10-13/h2-10H,1H3,(H,18,20). The monoisotopic (exact) mass is 328 g/mol. The lowest BCUT2D eigenvalue weighted by atomic mass is 10.2. The average Bonchev–Trinajstić information content (AvgIpc) is 2.77. The number of hydrogen-bond donors (Lipinski definition) is 1. The van der Waals surface area contributed by atoms with Crippen LogP contribution in [0.15, 0.2) is 59.1 Å². The molecule has 1 heterocycles. The van der Waals surface area contributed by atoms with Gasteiger partial charge in [0.2, 0.25) is 0 Å². The number of halogens is 1. The zero-order chi connectivity index (χ0) is 14.1. The smallest absolute Gasteiger partial charge is 0.272 e. The highest BCUT2D eigenvalue weighted by Gasteiger charge is 2.13. The molecule has 1 aromatic heterocycles. The number of nitrogens with one attached hydrogen (secondary N) is 1. The molecule has 2 aromatic carbocycles. The quantitative estimate of drug-likeness (QED) is 0.751. The second-order valence-electron chi connectivity index (χ2n) is 4.61. The molecule has 0 saturated heterocycles. The summed E-state index contributed by atoms with van der Waals surface area (Å²) in [6.07, 6.45) is 0. The largest absolute Gasteiger partial charge is 0.340 e. The van der Waals surface area contributed by atoms with Crippen LogP contribution in [-0.4, -0.2) is 10.5 Å². The Bertz CT molecular complexity index is 792. The number of hydrogen-bond acceptors (Lipinski definition) is 1. The van der Waals surface area contributed by atoms with Gasteiger partial charge in [-0.15, -0.1) is 0 Å². The van der Waals surface area contributed by atoms with Gasteiger partial charge in [0.25, 0.3) is 5.91 Å². The van der Waals surface area contributed by atoms with Gasteiger partial charge in [-0.2, -0.15) is 0 Å². The average molecular weight is 329 g/mol. The Labute approximate surface area is 125 Å². The fourth-order valence-corrected chi connectivity index (χ4v) is 2.67. The predicted molar refractivity (Wildman–Crippen MR) is 85.0 cm³/mol. The first kappa shape index (κ1) is 12.9. The molecule has 100 valence electrons. The maximum atomic E-state index is 12.4. The lowest BCUT2D eigenvalue weighted by Crippen LogP contribution is -2.15. The van der Waals surface area contributed by atoms with E-state index in [0.717, 1.165) is 21.1 Å². The highest BCUT2D eigenvalue weighted by atomic mass is 79.9. The summed E-state index contributed by atoms with van der Waals surface area (Å²) >= 11 is 3.39. The number of anilines is 1. The maximum absolute atomic E-state index is 12.4. The van der Waals surface area contributed by atoms with Crippen molar-refractivity contribution >= 4 is 38.4 Å². The normalized spacial score (nSPS) is 10.7. The molecule has 0 bridgehead atoms. The molecule has 3 aromatic rings. The third-order valence-electron chi connectivity index (χ3n) is 3.27.